The fourth-order valence-corrected chi connectivity index (χ4v) is 3.67. The van der Waals surface area contributed by atoms with Crippen LogP contribution in [-0.2, 0) is 19.1 Å². The second kappa shape index (κ2) is 8.24. The number of anilines is 1. The van der Waals surface area contributed by atoms with E-state index in [4.69, 9.17) is 14.2 Å². The van der Waals surface area contributed by atoms with Crippen LogP contribution in [0.4, 0.5) is 5.69 Å². The van der Waals surface area contributed by atoms with Crippen LogP contribution in [0.1, 0.15) is 24.3 Å². The maximum atomic E-state index is 12.1. The summed E-state index contributed by atoms with van der Waals surface area (Å²) in [6.07, 6.45) is -0.224. The molecular formula is C19H26N2O6. The van der Waals surface area contributed by atoms with Crippen LogP contribution in [0.15, 0.2) is 18.2 Å². The van der Waals surface area contributed by atoms with Gasteiger partial charge >= 0.3 is 0 Å². The van der Waals surface area contributed by atoms with Gasteiger partial charge in [-0.3, -0.25) is 9.59 Å². The summed E-state index contributed by atoms with van der Waals surface area (Å²) in [7, 11) is 4.88. The van der Waals surface area contributed by atoms with Gasteiger partial charge in [-0.1, -0.05) is 0 Å². The Hall–Kier alpha value is -2.16. The number of fused-ring (bicyclic) bond motifs is 3. The molecule has 8 heteroatoms. The minimum Gasteiger partial charge on any atom is -0.487 e. The Bertz CT molecular complexity index is 707. The van der Waals surface area contributed by atoms with Crippen LogP contribution in [0.25, 0.3) is 0 Å². The van der Waals surface area contributed by atoms with Crippen molar-refractivity contribution in [3.63, 3.8) is 0 Å². The number of hydrogen-bond donors (Lipinski definition) is 2. The molecule has 2 N–H and O–H groups in total. The van der Waals surface area contributed by atoms with Crippen molar-refractivity contribution in [2.75, 3.05) is 39.7 Å². The molecule has 4 atom stereocenters. The van der Waals surface area contributed by atoms with Crippen molar-refractivity contribution >= 4 is 17.5 Å². The van der Waals surface area contributed by atoms with E-state index in [1.807, 2.05) is 12.1 Å². The predicted octanol–water partition coefficient (Wildman–Crippen LogP) is 0.744. The molecule has 27 heavy (non-hydrogen) atoms. The van der Waals surface area contributed by atoms with Gasteiger partial charge in [-0.15, -0.1) is 0 Å². The first kappa shape index (κ1) is 19.6. The number of nitrogens with zero attached hydrogens (tertiary/aromatic N) is 1. The molecule has 2 aliphatic rings. The lowest BCUT2D eigenvalue weighted by Gasteiger charge is -2.37. The Balaban J connectivity index is 1.79. The molecule has 2 aliphatic heterocycles. The SMILES string of the molecule is COCC(=O)Nc1ccc2c(c1)[C@H]1C[C@H](CC(=O)N(C)C)O[C@H](CO)[C@H]1O2. The molecule has 0 aliphatic carbocycles. The Morgan fingerprint density at radius 1 is 1.37 bits per heavy atom. The number of amides is 2. The standard InChI is InChI=1S/C19H26N2O6/c1-21(2)18(24)8-12-7-14-13-6-11(20-17(23)10-25-3)4-5-15(13)27-19(14)16(9-22)26-12/h4-6,12,14,16,19,22H,7-10H2,1-3H3,(H,20,23)/t12-,14-,16-,19+/m1/s1. The van der Waals surface area contributed by atoms with Crippen molar-refractivity contribution in [3.8, 4) is 5.75 Å². The summed E-state index contributed by atoms with van der Waals surface area (Å²) in [4.78, 5) is 25.4. The summed E-state index contributed by atoms with van der Waals surface area (Å²) in [6.45, 7) is -0.200. The Labute approximate surface area is 158 Å². The quantitative estimate of drug-likeness (QED) is 0.758. The first-order chi connectivity index (χ1) is 12.9. The summed E-state index contributed by atoms with van der Waals surface area (Å²) in [5.41, 5.74) is 1.62. The predicted molar refractivity (Wildman–Crippen MR) is 97.8 cm³/mol. The zero-order chi connectivity index (χ0) is 19.6. The van der Waals surface area contributed by atoms with Crippen LogP contribution in [0.2, 0.25) is 0 Å². The largest absolute Gasteiger partial charge is 0.487 e. The highest BCUT2D eigenvalue weighted by Gasteiger charge is 2.46. The fourth-order valence-electron chi connectivity index (χ4n) is 3.67. The molecular weight excluding hydrogens is 352 g/mol. The molecule has 148 valence electrons. The van der Waals surface area contributed by atoms with E-state index in [0.29, 0.717) is 12.1 Å². The second-order valence-electron chi connectivity index (χ2n) is 7.13. The molecule has 0 unspecified atom stereocenters. The third-order valence-corrected chi connectivity index (χ3v) is 4.96. The smallest absolute Gasteiger partial charge is 0.250 e. The highest BCUT2D eigenvalue weighted by atomic mass is 16.6. The molecule has 2 amide bonds. The van der Waals surface area contributed by atoms with Crippen molar-refractivity contribution < 1.29 is 28.9 Å². The Morgan fingerprint density at radius 3 is 2.81 bits per heavy atom. The van der Waals surface area contributed by atoms with E-state index in [1.165, 1.54) is 12.0 Å². The number of benzene rings is 1. The number of aliphatic hydroxyl groups is 1. The highest BCUT2D eigenvalue weighted by molar-refractivity contribution is 5.91. The number of ether oxygens (including phenoxy) is 3. The maximum absolute atomic E-state index is 12.1. The van der Waals surface area contributed by atoms with Crippen LogP contribution < -0.4 is 10.1 Å². The molecule has 0 bridgehead atoms. The normalized spacial score (nSPS) is 25.9. The van der Waals surface area contributed by atoms with Crippen molar-refractivity contribution in [2.45, 2.75) is 37.1 Å². The lowest BCUT2D eigenvalue weighted by molar-refractivity contribution is -0.147. The van der Waals surface area contributed by atoms with E-state index in [0.717, 1.165) is 11.3 Å². The van der Waals surface area contributed by atoms with Gasteiger partial charge in [-0.05, 0) is 24.6 Å². The fraction of sp³-hybridized carbons (Fsp3) is 0.579. The van der Waals surface area contributed by atoms with Gasteiger partial charge in [0.05, 0.1) is 19.1 Å². The third kappa shape index (κ3) is 4.23. The summed E-state index contributed by atoms with van der Waals surface area (Å²) in [5.74, 6) is 0.457. The van der Waals surface area contributed by atoms with E-state index in [-0.39, 0.29) is 49.6 Å². The molecule has 1 aromatic rings. The number of nitrogens with one attached hydrogen (secondary N) is 1. The molecule has 0 spiro atoms. The number of carbonyl (C=O) groups excluding carboxylic acids is 2. The Kier molecular flexibility index (Phi) is 5.98. The van der Waals surface area contributed by atoms with Gasteiger partial charge in [0, 0.05) is 38.4 Å². The molecule has 3 rings (SSSR count). The van der Waals surface area contributed by atoms with Crippen LogP contribution >= 0.6 is 0 Å². The van der Waals surface area contributed by atoms with Gasteiger partial charge < -0.3 is 29.5 Å². The van der Waals surface area contributed by atoms with Crippen LogP contribution in [-0.4, -0.2) is 74.6 Å². The average Bonchev–Trinajstić information content (AvgIpc) is 2.99. The average molecular weight is 378 g/mol. The van der Waals surface area contributed by atoms with Gasteiger partial charge in [0.2, 0.25) is 11.8 Å². The minimum absolute atomic E-state index is 0.00913. The number of hydrogen-bond acceptors (Lipinski definition) is 6. The molecule has 0 aromatic heterocycles. The minimum atomic E-state index is -0.498. The number of aliphatic hydroxyl groups excluding tert-OH is 1. The van der Waals surface area contributed by atoms with Crippen LogP contribution in [0.3, 0.4) is 0 Å². The van der Waals surface area contributed by atoms with Crippen molar-refractivity contribution in [1.29, 1.82) is 0 Å². The van der Waals surface area contributed by atoms with Crippen LogP contribution in [0, 0.1) is 0 Å². The molecule has 2 heterocycles. The van der Waals surface area contributed by atoms with Crippen molar-refractivity contribution in [3.05, 3.63) is 23.8 Å². The van der Waals surface area contributed by atoms with Gasteiger partial charge in [-0.25, -0.2) is 0 Å². The summed E-state index contributed by atoms with van der Waals surface area (Å²) >= 11 is 0. The van der Waals surface area contributed by atoms with Crippen molar-refractivity contribution in [2.24, 2.45) is 0 Å². The summed E-state index contributed by atoms with van der Waals surface area (Å²) in [6, 6.07) is 5.47. The van der Waals surface area contributed by atoms with Gasteiger partial charge in [-0.2, -0.15) is 0 Å². The lowest BCUT2D eigenvalue weighted by atomic mass is 9.84. The van der Waals surface area contributed by atoms with E-state index in [9.17, 15) is 14.7 Å². The maximum Gasteiger partial charge on any atom is 0.250 e. The van der Waals surface area contributed by atoms with E-state index in [2.05, 4.69) is 5.32 Å². The summed E-state index contributed by atoms with van der Waals surface area (Å²) < 4.78 is 16.8. The monoisotopic (exact) mass is 378 g/mol. The zero-order valence-electron chi connectivity index (χ0n) is 15.8. The van der Waals surface area contributed by atoms with E-state index in [1.54, 1.807) is 20.2 Å². The lowest BCUT2D eigenvalue weighted by Crippen LogP contribution is -2.47. The Morgan fingerprint density at radius 2 is 2.15 bits per heavy atom. The number of carbonyl (C=O) groups is 2. The molecule has 1 saturated heterocycles. The number of methoxy groups -OCH3 is 1. The third-order valence-electron chi connectivity index (χ3n) is 4.96. The van der Waals surface area contributed by atoms with Crippen molar-refractivity contribution in [1.82, 2.24) is 4.90 Å². The highest BCUT2D eigenvalue weighted by Crippen LogP contribution is 2.47. The number of rotatable bonds is 6. The molecule has 0 radical (unpaired) electrons. The molecule has 0 saturated carbocycles. The molecule has 1 aromatic carbocycles. The molecule has 8 nitrogen and oxygen atoms in total. The van der Waals surface area contributed by atoms with E-state index >= 15 is 0 Å². The van der Waals surface area contributed by atoms with Gasteiger partial charge in [0.25, 0.3) is 0 Å². The first-order valence-electron chi connectivity index (χ1n) is 8.98. The van der Waals surface area contributed by atoms with Crippen LogP contribution in [0.5, 0.6) is 5.75 Å². The van der Waals surface area contributed by atoms with Gasteiger partial charge in [0.1, 0.15) is 24.6 Å². The second-order valence-corrected chi connectivity index (χ2v) is 7.13. The molecule has 1 fully saturated rings. The van der Waals surface area contributed by atoms with E-state index < -0.39 is 6.10 Å². The zero-order valence-corrected chi connectivity index (χ0v) is 15.8. The summed E-state index contributed by atoms with van der Waals surface area (Å²) in [5, 5.41) is 12.5. The topological polar surface area (TPSA) is 97.3 Å². The first-order valence-corrected chi connectivity index (χ1v) is 8.98. The van der Waals surface area contributed by atoms with Gasteiger partial charge in [0.15, 0.2) is 0 Å².